The predicted molar refractivity (Wildman–Crippen MR) is 74.2 cm³/mol. The van der Waals surface area contributed by atoms with E-state index in [1.807, 2.05) is 0 Å². The zero-order valence-corrected chi connectivity index (χ0v) is 11.6. The fraction of sp³-hybridized carbons (Fsp3) is 0.154. The van der Waals surface area contributed by atoms with Crippen LogP contribution in [0.3, 0.4) is 0 Å². The minimum Gasteiger partial charge on any atom is -0.397 e. The van der Waals surface area contributed by atoms with Crippen LogP contribution < -0.4 is 11.1 Å². The molecule has 1 aromatic heterocycles. The number of aromatic nitrogens is 1. The molecule has 21 heavy (non-hydrogen) atoms. The number of nitrogens with two attached hydrogens (primary N) is 1. The van der Waals surface area contributed by atoms with Gasteiger partial charge >= 0.3 is 6.18 Å². The number of carbonyl (C=O) groups excluding carboxylic acids is 1. The SMILES string of the molecule is Cn1cc(N)cc1C(=O)Nc1c(Cl)cccc1C(F)(F)F. The number of para-hydroxylation sites is 1. The third-order valence-electron chi connectivity index (χ3n) is 2.82. The van der Waals surface area contributed by atoms with Crippen LogP contribution in [0.25, 0.3) is 0 Å². The van der Waals surface area contributed by atoms with Crippen molar-refractivity contribution in [3.63, 3.8) is 0 Å². The Balaban J connectivity index is 2.40. The average molecular weight is 318 g/mol. The first-order chi connectivity index (χ1) is 9.70. The van der Waals surface area contributed by atoms with Crippen LogP contribution in [-0.4, -0.2) is 10.5 Å². The van der Waals surface area contributed by atoms with Crippen LogP contribution in [0.1, 0.15) is 16.1 Å². The topological polar surface area (TPSA) is 60.0 Å². The second kappa shape index (κ2) is 5.33. The summed E-state index contributed by atoms with van der Waals surface area (Å²) in [5, 5.41) is 1.99. The first-order valence-corrected chi connectivity index (χ1v) is 6.17. The lowest BCUT2D eigenvalue weighted by molar-refractivity contribution is -0.136. The van der Waals surface area contributed by atoms with E-state index in [1.54, 1.807) is 7.05 Å². The van der Waals surface area contributed by atoms with Gasteiger partial charge in [0, 0.05) is 13.2 Å². The Labute approximate surface area is 123 Å². The van der Waals surface area contributed by atoms with Crippen molar-refractivity contribution in [3.05, 3.63) is 46.7 Å². The van der Waals surface area contributed by atoms with E-state index in [-0.39, 0.29) is 10.7 Å². The monoisotopic (exact) mass is 317 g/mol. The molecule has 0 spiro atoms. The second-order valence-electron chi connectivity index (χ2n) is 4.38. The molecular formula is C13H11ClF3N3O. The van der Waals surface area contributed by atoms with Gasteiger partial charge < -0.3 is 15.6 Å². The number of hydrogen-bond donors (Lipinski definition) is 2. The van der Waals surface area contributed by atoms with Gasteiger partial charge in [-0.1, -0.05) is 17.7 Å². The van der Waals surface area contributed by atoms with E-state index in [0.717, 1.165) is 6.07 Å². The lowest BCUT2D eigenvalue weighted by atomic mass is 10.1. The van der Waals surface area contributed by atoms with E-state index in [9.17, 15) is 18.0 Å². The van der Waals surface area contributed by atoms with Crippen molar-refractivity contribution >= 4 is 28.9 Å². The number of alkyl halides is 3. The van der Waals surface area contributed by atoms with Gasteiger partial charge in [-0.3, -0.25) is 4.79 Å². The molecule has 0 bridgehead atoms. The summed E-state index contributed by atoms with van der Waals surface area (Å²) in [4.78, 5) is 12.1. The maximum atomic E-state index is 12.9. The Morgan fingerprint density at radius 3 is 2.57 bits per heavy atom. The summed E-state index contributed by atoms with van der Waals surface area (Å²) in [6.45, 7) is 0. The van der Waals surface area contributed by atoms with E-state index in [0.29, 0.717) is 5.69 Å². The molecule has 0 unspecified atom stereocenters. The van der Waals surface area contributed by atoms with Crippen molar-refractivity contribution in [2.24, 2.45) is 7.05 Å². The molecule has 2 aromatic rings. The number of nitrogen functional groups attached to an aromatic ring is 1. The van der Waals surface area contributed by atoms with E-state index >= 15 is 0 Å². The zero-order chi connectivity index (χ0) is 15.8. The van der Waals surface area contributed by atoms with Gasteiger partial charge in [-0.25, -0.2) is 0 Å². The minimum atomic E-state index is -4.62. The van der Waals surface area contributed by atoms with E-state index in [2.05, 4.69) is 5.32 Å². The second-order valence-corrected chi connectivity index (χ2v) is 4.79. The smallest absolute Gasteiger partial charge is 0.397 e. The third kappa shape index (κ3) is 3.13. The first-order valence-electron chi connectivity index (χ1n) is 5.79. The van der Waals surface area contributed by atoms with E-state index < -0.39 is 23.3 Å². The minimum absolute atomic E-state index is 0.126. The number of benzene rings is 1. The molecule has 0 aliphatic rings. The zero-order valence-electron chi connectivity index (χ0n) is 10.8. The number of anilines is 2. The number of aryl methyl sites for hydroxylation is 1. The number of halogens is 4. The normalized spacial score (nSPS) is 11.5. The van der Waals surface area contributed by atoms with E-state index in [4.69, 9.17) is 17.3 Å². The molecule has 2 rings (SSSR count). The summed E-state index contributed by atoms with van der Waals surface area (Å²) < 4.78 is 40.2. The van der Waals surface area contributed by atoms with Crippen molar-refractivity contribution in [1.82, 2.24) is 4.57 Å². The molecule has 0 aliphatic heterocycles. The Kier molecular flexibility index (Phi) is 3.87. The summed E-state index contributed by atoms with van der Waals surface area (Å²) in [5.74, 6) is -0.729. The molecule has 1 amide bonds. The maximum Gasteiger partial charge on any atom is 0.418 e. The predicted octanol–water partition coefficient (Wildman–Crippen LogP) is 3.53. The Morgan fingerprint density at radius 2 is 2.05 bits per heavy atom. The summed E-state index contributed by atoms with van der Waals surface area (Å²) in [5.41, 5.74) is 4.51. The van der Waals surface area contributed by atoms with Gasteiger partial charge in [0.15, 0.2) is 0 Å². The van der Waals surface area contributed by atoms with Crippen LogP contribution >= 0.6 is 11.6 Å². The lowest BCUT2D eigenvalue weighted by Gasteiger charge is -2.15. The Hall–Kier alpha value is -2.15. The van der Waals surface area contributed by atoms with Crippen LogP contribution in [-0.2, 0) is 13.2 Å². The number of hydrogen-bond acceptors (Lipinski definition) is 2. The fourth-order valence-electron chi connectivity index (χ4n) is 1.88. The molecule has 0 atom stereocenters. The fourth-order valence-corrected chi connectivity index (χ4v) is 2.10. The molecular weight excluding hydrogens is 307 g/mol. The van der Waals surface area contributed by atoms with Gasteiger partial charge in [0.25, 0.3) is 5.91 Å². The summed E-state index contributed by atoms with van der Waals surface area (Å²) >= 11 is 5.77. The summed E-state index contributed by atoms with van der Waals surface area (Å²) in [6.07, 6.45) is -3.15. The number of nitrogens with zero attached hydrogens (tertiary/aromatic N) is 1. The molecule has 1 heterocycles. The van der Waals surface area contributed by atoms with Crippen molar-refractivity contribution in [3.8, 4) is 0 Å². The Bertz CT molecular complexity index is 694. The van der Waals surface area contributed by atoms with Crippen molar-refractivity contribution < 1.29 is 18.0 Å². The maximum absolute atomic E-state index is 12.9. The van der Waals surface area contributed by atoms with Gasteiger partial charge in [0.2, 0.25) is 0 Å². The highest BCUT2D eigenvalue weighted by Gasteiger charge is 2.35. The van der Waals surface area contributed by atoms with Gasteiger partial charge in [-0.2, -0.15) is 13.2 Å². The molecule has 0 radical (unpaired) electrons. The van der Waals surface area contributed by atoms with Crippen LogP contribution in [0.5, 0.6) is 0 Å². The highest BCUT2D eigenvalue weighted by atomic mass is 35.5. The molecule has 8 heteroatoms. The number of rotatable bonds is 2. The Morgan fingerprint density at radius 1 is 1.38 bits per heavy atom. The summed E-state index contributed by atoms with van der Waals surface area (Å²) in [6, 6.07) is 4.65. The van der Waals surface area contributed by atoms with Crippen molar-refractivity contribution in [2.75, 3.05) is 11.1 Å². The van der Waals surface area contributed by atoms with Gasteiger partial charge in [0.1, 0.15) is 5.69 Å². The summed E-state index contributed by atoms with van der Waals surface area (Å²) in [7, 11) is 1.56. The molecule has 0 saturated carbocycles. The quantitative estimate of drug-likeness (QED) is 0.890. The molecule has 4 nitrogen and oxygen atoms in total. The van der Waals surface area contributed by atoms with Gasteiger partial charge in [0.05, 0.1) is 22.0 Å². The van der Waals surface area contributed by atoms with Gasteiger partial charge in [-0.05, 0) is 18.2 Å². The first kappa shape index (κ1) is 15.2. The van der Waals surface area contributed by atoms with E-state index in [1.165, 1.54) is 29.0 Å². The molecule has 3 N–H and O–H groups in total. The molecule has 0 fully saturated rings. The average Bonchev–Trinajstić information content (AvgIpc) is 2.69. The number of carbonyl (C=O) groups is 1. The standard InChI is InChI=1S/C13H11ClF3N3O/c1-20-6-7(18)5-10(20)12(21)19-11-8(13(15,16)17)3-2-4-9(11)14/h2-6H,18H2,1H3,(H,19,21). The highest BCUT2D eigenvalue weighted by Crippen LogP contribution is 2.38. The number of amides is 1. The van der Waals surface area contributed by atoms with Crippen LogP contribution in [0.15, 0.2) is 30.5 Å². The lowest BCUT2D eigenvalue weighted by Crippen LogP contribution is -2.19. The van der Waals surface area contributed by atoms with Crippen LogP contribution in [0, 0.1) is 0 Å². The molecule has 0 aliphatic carbocycles. The third-order valence-corrected chi connectivity index (χ3v) is 3.13. The van der Waals surface area contributed by atoms with Crippen molar-refractivity contribution in [1.29, 1.82) is 0 Å². The van der Waals surface area contributed by atoms with Gasteiger partial charge in [-0.15, -0.1) is 0 Å². The largest absolute Gasteiger partial charge is 0.418 e. The number of nitrogens with one attached hydrogen (secondary N) is 1. The van der Waals surface area contributed by atoms with Crippen molar-refractivity contribution in [2.45, 2.75) is 6.18 Å². The van der Waals surface area contributed by atoms with Crippen LogP contribution in [0.2, 0.25) is 5.02 Å². The molecule has 112 valence electrons. The van der Waals surface area contributed by atoms with Crippen LogP contribution in [0.4, 0.5) is 24.5 Å². The molecule has 0 saturated heterocycles. The molecule has 1 aromatic carbocycles. The highest BCUT2D eigenvalue weighted by molar-refractivity contribution is 6.34.